The molecule has 0 bridgehead atoms. The first-order chi connectivity index (χ1) is 12.8. The lowest BCUT2D eigenvalue weighted by molar-refractivity contribution is 0.164. The molecule has 0 unspecified atom stereocenters. The summed E-state index contributed by atoms with van der Waals surface area (Å²) >= 11 is 3.54. The third-order valence-electron chi connectivity index (χ3n) is 5.00. The number of nitrogens with zero attached hydrogens (tertiary/aromatic N) is 3. The first-order valence-electron chi connectivity index (χ1n) is 9.11. The third kappa shape index (κ3) is 4.22. The van der Waals surface area contributed by atoms with Gasteiger partial charge in [-0.15, -0.1) is 10.2 Å². The van der Waals surface area contributed by atoms with Gasteiger partial charge in [-0.1, -0.05) is 42.5 Å². The van der Waals surface area contributed by atoms with Gasteiger partial charge in [0.2, 0.25) is 11.8 Å². The third-order valence-corrected chi connectivity index (χ3v) is 5.70. The number of benzene rings is 2. The summed E-state index contributed by atoms with van der Waals surface area (Å²) < 4.78 is 6.85. The molecule has 134 valence electrons. The van der Waals surface area contributed by atoms with Gasteiger partial charge in [-0.2, -0.15) is 0 Å². The van der Waals surface area contributed by atoms with Crippen LogP contribution in [0.5, 0.6) is 0 Å². The molecule has 0 aliphatic carbocycles. The molecule has 4 nitrogen and oxygen atoms in total. The standard InChI is InChI=1S/C21H22BrN3O/c22-19-9-5-4-8-18(19)21-24-23-20(26-21)15-25-12-10-17(11-13-25)14-16-6-2-1-3-7-16/h1-9,17H,10-15H2. The minimum Gasteiger partial charge on any atom is -0.419 e. The van der Waals surface area contributed by atoms with Crippen LogP contribution in [0.15, 0.2) is 63.5 Å². The summed E-state index contributed by atoms with van der Waals surface area (Å²) in [6, 6.07) is 18.7. The Labute approximate surface area is 162 Å². The van der Waals surface area contributed by atoms with E-state index in [0.29, 0.717) is 11.8 Å². The van der Waals surface area contributed by atoms with Gasteiger partial charge < -0.3 is 4.42 Å². The second-order valence-corrected chi connectivity index (χ2v) is 7.74. The van der Waals surface area contributed by atoms with E-state index in [-0.39, 0.29) is 0 Å². The van der Waals surface area contributed by atoms with Crippen LogP contribution >= 0.6 is 15.9 Å². The summed E-state index contributed by atoms with van der Waals surface area (Å²) in [6.45, 7) is 2.91. The van der Waals surface area contributed by atoms with Crippen molar-refractivity contribution in [2.45, 2.75) is 25.8 Å². The van der Waals surface area contributed by atoms with Gasteiger partial charge in [0, 0.05) is 4.47 Å². The molecule has 2 heterocycles. The summed E-state index contributed by atoms with van der Waals surface area (Å²) in [5, 5.41) is 8.45. The molecule has 0 amide bonds. The molecule has 0 N–H and O–H groups in total. The lowest BCUT2D eigenvalue weighted by Gasteiger charge is -2.31. The maximum Gasteiger partial charge on any atom is 0.248 e. The highest BCUT2D eigenvalue weighted by Gasteiger charge is 2.21. The van der Waals surface area contributed by atoms with E-state index in [4.69, 9.17) is 4.42 Å². The van der Waals surface area contributed by atoms with Crippen molar-refractivity contribution in [1.82, 2.24) is 15.1 Å². The molecule has 0 atom stereocenters. The Morgan fingerprint density at radius 2 is 1.69 bits per heavy atom. The smallest absolute Gasteiger partial charge is 0.248 e. The second-order valence-electron chi connectivity index (χ2n) is 6.89. The van der Waals surface area contributed by atoms with Gasteiger partial charge in [0.15, 0.2) is 0 Å². The van der Waals surface area contributed by atoms with Crippen LogP contribution in [0.2, 0.25) is 0 Å². The Morgan fingerprint density at radius 3 is 2.46 bits per heavy atom. The summed E-state index contributed by atoms with van der Waals surface area (Å²) in [4.78, 5) is 2.42. The number of piperidine rings is 1. The lowest BCUT2D eigenvalue weighted by Crippen LogP contribution is -2.33. The van der Waals surface area contributed by atoms with Crippen LogP contribution in [0.1, 0.15) is 24.3 Å². The molecule has 0 saturated carbocycles. The molecule has 4 rings (SSSR count). The molecule has 2 aromatic carbocycles. The molecular weight excluding hydrogens is 390 g/mol. The fraction of sp³-hybridized carbons (Fsp3) is 0.333. The molecule has 1 aromatic heterocycles. The van der Waals surface area contributed by atoms with E-state index in [1.54, 1.807) is 0 Å². The fourth-order valence-corrected chi connectivity index (χ4v) is 4.00. The Balaban J connectivity index is 1.32. The van der Waals surface area contributed by atoms with Crippen LogP contribution in [-0.4, -0.2) is 28.2 Å². The van der Waals surface area contributed by atoms with Crippen LogP contribution in [0, 0.1) is 5.92 Å². The van der Waals surface area contributed by atoms with Crippen LogP contribution in [0.25, 0.3) is 11.5 Å². The van der Waals surface area contributed by atoms with Crippen LogP contribution in [0.3, 0.4) is 0 Å². The molecule has 1 saturated heterocycles. The maximum atomic E-state index is 5.88. The molecular formula is C21H22BrN3O. The zero-order valence-electron chi connectivity index (χ0n) is 14.6. The van der Waals surface area contributed by atoms with Gasteiger partial charge in [-0.3, -0.25) is 4.90 Å². The quantitative estimate of drug-likeness (QED) is 0.595. The summed E-state index contributed by atoms with van der Waals surface area (Å²) in [5.41, 5.74) is 2.38. The van der Waals surface area contributed by atoms with Gasteiger partial charge in [0.1, 0.15) is 0 Å². The largest absolute Gasteiger partial charge is 0.419 e. The summed E-state index contributed by atoms with van der Waals surface area (Å²) in [7, 11) is 0. The summed E-state index contributed by atoms with van der Waals surface area (Å²) in [6.07, 6.45) is 3.63. The minimum absolute atomic E-state index is 0.575. The molecule has 0 radical (unpaired) electrons. The maximum absolute atomic E-state index is 5.88. The predicted octanol–water partition coefficient (Wildman–Crippen LogP) is 4.95. The van der Waals surface area contributed by atoms with Crippen molar-refractivity contribution in [2.24, 2.45) is 5.92 Å². The number of halogens is 1. The first kappa shape index (κ1) is 17.4. The predicted molar refractivity (Wildman–Crippen MR) is 106 cm³/mol. The molecule has 1 fully saturated rings. The van der Waals surface area contributed by atoms with Gasteiger partial charge in [0.05, 0.1) is 12.1 Å². The van der Waals surface area contributed by atoms with Gasteiger partial charge >= 0.3 is 0 Å². The zero-order chi connectivity index (χ0) is 17.8. The fourth-order valence-electron chi connectivity index (χ4n) is 3.55. The topological polar surface area (TPSA) is 42.2 Å². The van der Waals surface area contributed by atoms with Gasteiger partial charge in [0.25, 0.3) is 0 Å². The van der Waals surface area contributed by atoms with Crippen molar-refractivity contribution in [2.75, 3.05) is 13.1 Å². The van der Waals surface area contributed by atoms with Crippen LogP contribution in [-0.2, 0) is 13.0 Å². The van der Waals surface area contributed by atoms with E-state index in [1.807, 2.05) is 24.3 Å². The van der Waals surface area contributed by atoms with Gasteiger partial charge in [-0.25, -0.2) is 0 Å². The lowest BCUT2D eigenvalue weighted by atomic mass is 9.90. The zero-order valence-corrected chi connectivity index (χ0v) is 16.2. The number of aromatic nitrogens is 2. The van der Waals surface area contributed by atoms with Crippen molar-refractivity contribution < 1.29 is 4.42 Å². The number of hydrogen-bond donors (Lipinski definition) is 0. The van der Waals surface area contributed by atoms with E-state index < -0.39 is 0 Å². The molecule has 1 aliphatic heterocycles. The molecule has 5 heteroatoms. The van der Waals surface area contributed by atoms with Crippen LogP contribution < -0.4 is 0 Å². The highest BCUT2D eigenvalue weighted by atomic mass is 79.9. The normalized spacial score (nSPS) is 16.0. The summed E-state index contributed by atoms with van der Waals surface area (Å²) in [5.74, 6) is 2.04. The van der Waals surface area contributed by atoms with Crippen molar-refractivity contribution in [3.63, 3.8) is 0 Å². The van der Waals surface area contributed by atoms with Crippen molar-refractivity contribution in [3.05, 3.63) is 70.5 Å². The highest BCUT2D eigenvalue weighted by Crippen LogP contribution is 2.27. The number of likely N-dealkylation sites (tertiary alicyclic amines) is 1. The Morgan fingerprint density at radius 1 is 0.962 bits per heavy atom. The van der Waals surface area contributed by atoms with E-state index in [9.17, 15) is 0 Å². The Kier molecular flexibility index (Phi) is 5.46. The van der Waals surface area contributed by atoms with E-state index >= 15 is 0 Å². The first-order valence-corrected chi connectivity index (χ1v) is 9.91. The second kappa shape index (κ2) is 8.14. The highest BCUT2D eigenvalue weighted by molar-refractivity contribution is 9.10. The average molecular weight is 412 g/mol. The van der Waals surface area contributed by atoms with Crippen LogP contribution in [0.4, 0.5) is 0 Å². The van der Waals surface area contributed by atoms with E-state index in [0.717, 1.165) is 35.6 Å². The van der Waals surface area contributed by atoms with E-state index in [2.05, 4.69) is 61.4 Å². The minimum atomic E-state index is 0.575. The molecule has 3 aromatic rings. The van der Waals surface area contributed by atoms with E-state index in [1.165, 1.54) is 24.8 Å². The Hall–Kier alpha value is -1.98. The monoisotopic (exact) mass is 411 g/mol. The van der Waals surface area contributed by atoms with Gasteiger partial charge in [-0.05, 0) is 71.9 Å². The number of rotatable bonds is 5. The van der Waals surface area contributed by atoms with Crippen molar-refractivity contribution in [1.29, 1.82) is 0 Å². The number of hydrogen-bond acceptors (Lipinski definition) is 4. The average Bonchev–Trinajstić information content (AvgIpc) is 3.13. The molecule has 0 spiro atoms. The Bertz CT molecular complexity index is 841. The SMILES string of the molecule is Brc1ccccc1-c1nnc(CN2CCC(Cc3ccccc3)CC2)o1. The molecule has 1 aliphatic rings. The van der Waals surface area contributed by atoms with Crippen molar-refractivity contribution in [3.8, 4) is 11.5 Å². The van der Waals surface area contributed by atoms with Crippen molar-refractivity contribution >= 4 is 15.9 Å². The molecule has 26 heavy (non-hydrogen) atoms.